The van der Waals surface area contributed by atoms with Gasteiger partial charge in [0.2, 0.25) is 5.91 Å². The molecule has 4 rings (SSSR count). The monoisotopic (exact) mass is 432 g/mol. The molecular formula is C26H32N4O2. The number of anilines is 1. The van der Waals surface area contributed by atoms with E-state index in [0.29, 0.717) is 0 Å². The first-order chi connectivity index (χ1) is 15.6. The number of rotatable bonds is 7. The predicted molar refractivity (Wildman–Crippen MR) is 128 cm³/mol. The summed E-state index contributed by atoms with van der Waals surface area (Å²) in [6.45, 7) is 7.74. The summed E-state index contributed by atoms with van der Waals surface area (Å²) in [4.78, 5) is 15.6. The summed E-state index contributed by atoms with van der Waals surface area (Å²) >= 11 is 0. The Morgan fingerprint density at radius 3 is 2.69 bits per heavy atom. The first kappa shape index (κ1) is 22.1. The molecule has 1 aliphatic heterocycles. The Morgan fingerprint density at radius 1 is 1.19 bits per heavy atom. The lowest BCUT2D eigenvalue weighted by Gasteiger charge is -2.32. The normalized spacial score (nSPS) is 16.7. The van der Waals surface area contributed by atoms with Crippen molar-refractivity contribution in [3.8, 4) is 16.9 Å². The lowest BCUT2D eigenvalue weighted by Crippen LogP contribution is -2.40. The topological polar surface area (TPSA) is 59.4 Å². The average molecular weight is 433 g/mol. The maximum Gasteiger partial charge on any atom is 0.228 e. The molecular weight excluding hydrogens is 400 g/mol. The van der Waals surface area contributed by atoms with Crippen LogP contribution < -0.4 is 10.1 Å². The number of amides is 1. The molecule has 1 unspecified atom stereocenters. The van der Waals surface area contributed by atoms with E-state index < -0.39 is 0 Å². The quantitative estimate of drug-likeness (QED) is 0.586. The second kappa shape index (κ2) is 10.0. The molecule has 32 heavy (non-hydrogen) atoms. The van der Waals surface area contributed by atoms with E-state index in [0.717, 1.165) is 61.6 Å². The molecule has 168 valence electrons. The number of piperidine rings is 1. The van der Waals surface area contributed by atoms with Crippen molar-refractivity contribution in [1.82, 2.24) is 14.7 Å². The van der Waals surface area contributed by atoms with E-state index >= 15 is 0 Å². The molecule has 6 nitrogen and oxygen atoms in total. The highest BCUT2D eigenvalue weighted by Crippen LogP contribution is 2.30. The zero-order valence-electron chi connectivity index (χ0n) is 19.2. The summed E-state index contributed by atoms with van der Waals surface area (Å²) in [6, 6.07) is 15.9. The van der Waals surface area contributed by atoms with Crippen molar-refractivity contribution in [2.45, 2.75) is 39.8 Å². The number of ether oxygens (including phenoxy) is 1. The third kappa shape index (κ3) is 4.86. The van der Waals surface area contributed by atoms with Crippen molar-refractivity contribution in [1.29, 1.82) is 0 Å². The van der Waals surface area contributed by atoms with Crippen LogP contribution in [-0.4, -0.2) is 40.8 Å². The summed E-state index contributed by atoms with van der Waals surface area (Å²) < 4.78 is 7.29. The smallest absolute Gasteiger partial charge is 0.228 e. The third-order valence-corrected chi connectivity index (χ3v) is 6.36. The highest BCUT2D eigenvalue weighted by Gasteiger charge is 2.27. The zero-order chi connectivity index (χ0) is 22.5. The SMILES string of the molecule is CCn1ncc(CN2CCCC(C(=O)Nc3ccccc3-c3ccc(OC)cc3)C2)c1C. The van der Waals surface area contributed by atoms with Crippen molar-refractivity contribution in [3.63, 3.8) is 0 Å². The predicted octanol–water partition coefficient (Wildman–Crippen LogP) is 4.74. The number of carbonyl (C=O) groups is 1. The molecule has 0 saturated carbocycles. The van der Waals surface area contributed by atoms with Gasteiger partial charge in [-0.2, -0.15) is 5.10 Å². The highest BCUT2D eigenvalue weighted by atomic mass is 16.5. The summed E-state index contributed by atoms with van der Waals surface area (Å²) in [6.07, 6.45) is 3.91. The zero-order valence-corrected chi connectivity index (χ0v) is 19.2. The number of nitrogens with one attached hydrogen (secondary N) is 1. The number of hydrogen-bond donors (Lipinski definition) is 1. The number of benzene rings is 2. The van der Waals surface area contributed by atoms with Crippen LogP contribution in [0.2, 0.25) is 0 Å². The second-order valence-corrected chi connectivity index (χ2v) is 8.41. The Bertz CT molecular complexity index is 1060. The summed E-state index contributed by atoms with van der Waals surface area (Å²) in [7, 11) is 1.66. The van der Waals surface area contributed by atoms with Crippen LogP contribution in [0.1, 0.15) is 31.0 Å². The standard InChI is InChI=1S/C26H32N4O2/c1-4-30-19(2)22(16-27-30)18-29-15-7-8-21(17-29)26(31)28-25-10-6-5-9-24(25)20-11-13-23(32-3)14-12-20/h5-6,9-14,16,21H,4,7-8,15,17-18H2,1-3H3,(H,28,31). The Balaban J connectivity index is 1.44. The first-order valence-electron chi connectivity index (χ1n) is 11.4. The van der Waals surface area contributed by atoms with E-state index in [2.05, 4.69) is 29.2 Å². The number of hydrogen-bond acceptors (Lipinski definition) is 4. The maximum absolute atomic E-state index is 13.2. The number of aromatic nitrogens is 2. The molecule has 1 N–H and O–H groups in total. The van der Waals surface area contributed by atoms with Gasteiger partial charge >= 0.3 is 0 Å². The van der Waals surface area contributed by atoms with Gasteiger partial charge in [0.25, 0.3) is 0 Å². The summed E-state index contributed by atoms with van der Waals surface area (Å²) in [5.74, 6) is 0.892. The van der Waals surface area contributed by atoms with Gasteiger partial charge in [-0.15, -0.1) is 0 Å². The molecule has 1 saturated heterocycles. The van der Waals surface area contributed by atoms with Crippen molar-refractivity contribution < 1.29 is 9.53 Å². The van der Waals surface area contributed by atoms with Crippen LogP contribution in [0.15, 0.2) is 54.7 Å². The molecule has 0 radical (unpaired) electrons. The van der Waals surface area contributed by atoms with Gasteiger partial charge < -0.3 is 10.1 Å². The Morgan fingerprint density at radius 2 is 1.97 bits per heavy atom. The molecule has 1 aliphatic rings. The van der Waals surface area contributed by atoms with Crippen LogP contribution in [0.5, 0.6) is 5.75 Å². The number of methoxy groups -OCH3 is 1. The van der Waals surface area contributed by atoms with Crippen LogP contribution >= 0.6 is 0 Å². The number of carbonyl (C=O) groups excluding carboxylic acids is 1. The van der Waals surface area contributed by atoms with Gasteiger partial charge in [-0.1, -0.05) is 30.3 Å². The second-order valence-electron chi connectivity index (χ2n) is 8.41. The van der Waals surface area contributed by atoms with Crippen LogP contribution in [0.4, 0.5) is 5.69 Å². The van der Waals surface area contributed by atoms with Gasteiger partial charge in [-0.3, -0.25) is 14.4 Å². The fraction of sp³-hybridized carbons (Fsp3) is 0.385. The van der Waals surface area contributed by atoms with E-state index in [-0.39, 0.29) is 11.8 Å². The molecule has 0 bridgehead atoms. The van der Waals surface area contributed by atoms with Crippen LogP contribution in [0.3, 0.4) is 0 Å². The van der Waals surface area contributed by atoms with E-state index in [1.807, 2.05) is 59.4 Å². The van der Waals surface area contributed by atoms with Crippen LogP contribution in [0, 0.1) is 12.8 Å². The molecule has 1 atom stereocenters. The number of para-hydroxylation sites is 1. The molecule has 0 aliphatic carbocycles. The minimum atomic E-state index is -0.0193. The molecule has 1 aromatic heterocycles. The number of nitrogens with zero attached hydrogens (tertiary/aromatic N) is 3. The molecule has 1 fully saturated rings. The van der Waals surface area contributed by atoms with Gasteiger partial charge in [0.05, 0.1) is 19.2 Å². The first-order valence-corrected chi connectivity index (χ1v) is 11.4. The maximum atomic E-state index is 13.2. The largest absolute Gasteiger partial charge is 0.497 e. The minimum Gasteiger partial charge on any atom is -0.497 e. The summed E-state index contributed by atoms with van der Waals surface area (Å²) in [5, 5.41) is 7.66. The van der Waals surface area contributed by atoms with E-state index in [1.165, 1.54) is 11.3 Å². The van der Waals surface area contributed by atoms with Gasteiger partial charge in [0, 0.05) is 42.1 Å². The Labute approximate surface area is 190 Å². The Hall–Kier alpha value is -3.12. The van der Waals surface area contributed by atoms with Crippen molar-refractivity contribution in [2.75, 3.05) is 25.5 Å². The van der Waals surface area contributed by atoms with Crippen LogP contribution in [-0.2, 0) is 17.9 Å². The number of aryl methyl sites for hydroxylation is 1. The van der Waals surface area contributed by atoms with E-state index in [9.17, 15) is 4.79 Å². The van der Waals surface area contributed by atoms with E-state index in [1.54, 1.807) is 7.11 Å². The lowest BCUT2D eigenvalue weighted by molar-refractivity contribution is -0.121. The lowest BCUT2D eigenvalue weighted by atomic mass is 9.96. The fourth-order valence-corrected chi connectivity index (χ4v) is 4.46. The highest BCUT2D eigenvalue weighted by molar-refractivity contribution is 5.97. The number of likely N-dealkylation sites (tertiary alicyclic amines) is 1. The van der Waals surface area contributed by atoms with Gasteiger partial charge in [-0.25, -0.2) is 0 Å². The Kier molecular flexibility index (Phi) is 6.90. The van der Waals surface area contributed by atoms with E-state index in [4.69, 9.17) is 4.74 Å². The molecule has 2 heterocycles. The molecule has 1 amide bonds. The van der Waals surface area contributed by atoms with Crippen molar-refractivity contribution >= 4 is 11.6 Å². The molecule has 2 aromatic carbocycles. The third-order valence-electron chi connectivity index (χ3n) is 6.36. The van der Waals surface area contributed by atoms with Crippen molar-refractivity contribution in [2.24, 2.45) is 5.92 Å². The summed E-state index contributed by atoms with van der Waals surface area (Å²) in [5.41, 5.74) is 5.37. The minimum absolute atomic E-state index is 0.0193. The molecule has 6 heteroatoms. The van der Waals surface area contributed by atoms with Crippen molar-refractivity contribution in [3.05, 3.63) is 66.0 Å². The molecule has 3 aromatic rings. The van der Waals surface area contributed by atoms with Gasteiger partial charge in [-0.05, 0) is 57.0 Å². The fourth-order valence-electron chi connectivity index (χ4n) is 4.46. The van der Waals surface area contributed by atoms with Gasteiger partial charge in [0.1, 0.15) is 5.75 Å². The average Bonchev–Trinajstić information content (AvgIpc) is 3.18. The molecule has 0 spiro atoms. The van der Waals surface area contributed by atoms with Gasteiger partial charge in [0.15, 0.2) is 0 Å². The van der Waals surface area contributed by atoms with Crippen LogP contribution in [0.25, 0.3) is 11.1 Å².